The second-order valence-electron chi connectivity index (χ2n) is 9.23. The van der Waals surface area contributed by atoms with Crippen molar-refractivity contribution in [2.24, 2.45) is 7.05 Å². The number of ether oxygens (including phenoxy) is 2. The molecule has 0 N–H and O–H groups in total. The van der Waals surface area contributed by atoms with Crippen LogP contribution >= 0.6 is 0 Å². The van der Waals surface area contributed by atoms with Gasteiger partial charge < -0.3 is 14.4 Å². The highest BCUT2D eigenvalue weighted by molar-refractivity contribution is 5.99. The lowest BCUT2D eigenvalue weighted by atomic mass is 10.0. The Hall–Kier alpha value is -3.98. The average molecular weight is 501 g/mol. The molecule has 0 saturated carbocycles. The number of hydrogen-bond donors (Lipinski definition) is 0. The van der Waals surface area contributed by atoms with Gasteiger partial charge >= 0.3 is 0 Å². The number of nitrogens with zero attached hydrogens (tertiary/aromatic N) is 6. The Labute approximate surface area is 216 Å². The van der Waals surface area contributed by atoms with E-state index in [-0.39, 0.29) is 0 Å². The van der Waals surface area contributed by atoms with Crippen molar-refractivity contribution in [1.82, 2.24) is 24.9 Å². The van der Waals surface area contributed by atoms with Crippen LogP contribution in [-0.4, -0.2) is 70.7 Å². The maximum atomic E-state index is 10.8. The molecule has 0 bridgehead atoms. The van der Waals surface area contributed by atoms with Crippen LogP contribution in [0, 0.1) is 0 Å². The van der Waals surface area contributed by atoms with Gasteiger partial charge in [-0.3, -0.25) is 14.4 Å². The van der Waals surface area contributed by atoms with Gasteiger partial charge in [-0.2, -0.15) is 5.10 Å². The topological polar surface area (TPSA) is 85.6 Å². The highest BCUT2D eigenvalue weighted by Gasteiger charge is 2.27. The maximum Gasteiger partial charge on any atom is 0.293 e. The molecule has 9 heteroatoms. The molecular formula is C28H32N6O3. The van der Waals surface area contributed by atoms with Crippen LogP contribution in [0.15, 0.2) is 60.8 Å². The first-order chi connectivity index (χ1) is 18.2. The van der Waals surface area contributed by atoms with Crippen LogP contribution in [0.3, 0.4) is 0 Å². The Kier molecular flexibility index (Phi) is 7.60. The third-order valence-electron chi connectivity index (χ3n) is 7.14. The van der Waals surface area contributed by atoms with Crippen LogP contribution in [0.1, 0.15) is 18.4 Å². The molecule has 2 aromatic heterocycles. The van der Waals surface area contributed by atoms with Crippen LogP contribution in [0.25, 0.3) is 22.2 Å². The summed E-state index contributed by atoms with van der Waals surface area (Å²) in [7, 11) is 3.61. The molecule has 0 radical (unpaired) electrons. The van der Waals surface area contributed by atoms with Crippen molar-refractivity contribution in [3.63, 3.8) is 0 Å². The van der Waals surface area contributed by atoms with E-state index in [0.717, 1.165) is 71.8 Å². The minimum absolute atomic E-state index is 0.351. The van der Waals surface area contributed by atoms with E-state index in [4.69, 9.17) is 14.6 Å². The summed E-state index contributed by atoms with van der Waals surface area (Å²) in [6.07, 6.45) is 3.72. The van der Waals surface area contributed by atoms with Crippen molar-refractivity contribution < 1.29 is 14.3 Å². The van der Waals surface area contributed by atoms with Gasteiger partial charge in [-0.15, -0.1) is 10.2 Å². The lowest BCUT2D eigenvalue weighted by Gasteiger charge is -2.39. The van der Waals surface area contributed by atoms with E-state index in [1.165, 1.54) is 0 Å². The lowest BCUT2D eigenvalue weighted by molar-refractivity contribution is -0.129. The van der Waals surface area contributed by atoms with E-state index in [2.05, 4.69) is 44.3 Å². The van der Waals surface area contributed by atoms with Crippen molar-refractivity contribution in [3.8, 4) is 17.1 Å². The van der Waals surface area contributed by atoms with E-state index in [1.807, 2.05) is 42.1 Å². The first-order valence-electron chi connectivity index (χ1n) is 12.6. The molecule has 0 amide bonds. The molecule has 37 heavy (non-hydrogen) atoms. The Balaban J connectivity index is 1.35. The lowest BCUT2D eigenvalue weighted by Crippen LogP contribution is -2.46. The average Bonchev–Trinajstić information content (AvgIpc) is 3.38. The summed E-state index contributed by atoms with van der Waals surface area (Å²) in [6.45, 7) is 4.02. The summed E-state index contributed by atoms with van der Waals surface area (Å²) >= 11 is 0. The van der Waals surface area contributed by atoms with Crippen molar-refractivity contribution >= 4 is 23.1 Å². The van der Waals surface area contributed by atoms with Gasteiger partial charge in [-0.05, 0) is 25.0 Å². The van der Waals surface area contributed by atoms with Gasteiger partial charge in [-0.25, -0.2) is 0 Å². The third kappa shape index (κ3) is 5.27. The highest BCUT2D eigenvalue weighted by Crippen LogP contribution is 2.33. The second kappa shape index (κ2) is 11.4. The first kappa shape index (κ1) is 24.7. The van der Waals surface area contributed by atoms with Crippen LogP contribution in [0.5, 0.6) is 5.75 Å². The molecule has 5 rings (SSSR count). The molecule has 3 heterocycles. The summed E-state index contributed by atoms with van der Waals surface area (Å²) in [4.78, 5) is 15.5. The smallest absolute Gasteiger partial charge is 0.293 e. The van der Waals surface area contributed by atoms with Gasteiger partial charge in [-0.1, -0.05) is 42.5 Å². The Morgan fingerprint density at radius 1 is 1.03 bits per heavy atom. The highest BCUT2D eigenvalue weighted by atomic mass is 16.5. The number of anilines is 1. The van der Waals surface area contributed by atoms with E-state index >= 15 is 0 Å². The van der Waals surface area contributed by atoms with Crippen LogP contribution in [-0.2, 0) is 23.1 Å². The molecular weight excluding hydrogens is 468 g/mol. The summed E-state index contributed by atoms with van der Waals surface area (Å²) < 4.78 is 12.5. The fourth-order valence-corrected chi connectivity index (χ4v) is 5.22. The number of methoxy groups -OCH3 is 1. The molecule has 0 aliphatic carbocycles. The number of piperidine rings is 1. The van der Waals surface area contributed by atoms with Crippen molar-refractivity contribution in [1.29, 1.82) is 0 Å². The second-order valence-corrected chi connectivity index (χ2v) is 9.23. The van der Waals surface area contributed by atoms with Gasteiger partial charge in [0.15, 0.2) is 5.82 Å². The molecule has 0 unspecified atom stereocenters. The SMILES string of the molecule is COc1ccccc1CN(CCOC=O)C1CCN(c2nnc(-c3ccnn3C)c3ccccc23)CC1. The standard InChI is InChI=1S/C28H32N6O3/c1-32-25(11-14-29-32)27-23-8-4-5-9-24(23)28(31-30-27)33-15-12-22(13-16-33)34(17-18-37-20-35)19-21-7-3-6-10-26(21)36-2/h3-11,14,20,22H,12-13,15-19H2,1-2H3. The molecule has 1 aliphatic heterocycles. The predicted octanol–water partition coefficient (Wildman–Crippen LogP) is 3.68. The molecule has 192 valence electrons. The number of para-hydroxylation sites is 1. The van der Waals surface area contributed by atoms with E-state index in [1.54, 1.807) is 13.3 Å². The minimum atomic E-state index is 0.351. The van der Waals surface area contributed by atoms with Gasteiger partial charge in [0.2, 0.25) is 0 Å². The molecule has 0 spiro atoms. The maximum absolute atomic E-state index is 10.8. The summed E-state index contributed by atoms with van der Waals surface area (Å²) in [5, 5.41) is 15.8. The largest absolute Gasteiger partial charge is 0.496 e. The number of carbonyl (C=O) groups excluding carboxylic acids is 1. The monoisotopic (exact) mass is 500 g/mol. The van der Waals surface area contributed by atoms with E-state index in [0.29, 0.717) is 25.7 Å². The number of aryl methyl sites for hydroxylation is 1. The van der Waals surface area contributed by atoms with Gasteiger partial charge in [0.05, 0.1) is 12.8 Å². The normalized spacial score (nSPS) is 14.3. The Morgan fingerprint density at radius 2 is 1.78 bits per heavy atom. The quantitative estimate of drug-likeness (QED) is 0.241. The third-order valence-corrected chi connectivity index (χ3v) is 7.14. The Bertz CT molecular complexity index is 1350. The van der Waals surface area contributed by atoms with Gasteiger partial charge in [0, 0.05) is 61.8 Å². The molecule has 1 aliphatic rings. The fraction of sp³-hybridized carbons (Fsp3) is 0.357. The summed E-state index contributed by atoms with van der Waals surface area (Å²) in [5.74, 6) is 1.79. The molecule has 4 aromatic rings. The number of benzene rings is 2. The number of fused-ring (bicyclic) bond motifs is 1. The van der Waals surface area contributed by atoms with Gasteiger partial charge in [0.25, 0.3) is 6.47 Å². The molecule has 9 nitrogen and oxygen atoms in total. The van der Waals surface area contributed by atoms with Crippen molar-refractivity contribution in [2.45, 2.75) is 25.4 Å². The molecule has 2 aromatic carbocycles. The summed E-state index contributed by atoms with van der Waals surface area (Å²) in [5.41, 5.74) is 2.91. The number of aromatic nitrogens is 4. The van der Waals surface area contributed by atoms with E-state index < -0.39 is 0 Å². The van der Waals surface area contributed by atoms with Crippen molar-refractivity contribution in [3.05, 3.63) is 66.4 Å². The number of hydrogen-bond acceptors (Lipinski definition) is 8. The van der Waals surface area contributed by atoms with Crippen LogP contribution in [0.2, 0.25) is 0 Å². The van der Waals surface area contributed by atoms with Crippen LogP contribution < -0.4 is 9.64 Å². The van der Waals surface area contributed by atoms with Crippen LogP contribution in [0.4, 0.5) is 5.82 Å². The van der Waals surface area contributed by atoms with E-state index in [9.17, 15) is 4.79 Å². The zero-order valence-electron chi connectivity index (χ0n) is 21.3. The Morgan fingerprint density at radius 3 is 2.51 bits per heavy atom. The number of carbonyl (C=O) groups is 1. The first-order valence-corrected chi connectivity index (χ1v) is 12.6. The molecule has 1 saturated heterocycles. The van der Waals surface area contributed by atoms with Crippen molar-refractivity contribution in [2.75, 3.05) is 38.3 Å². The predicted molar refractivity (Wildman–Crippen MR) is 142 cm³/mol. The molecule has 0 atom stereocenters. The zero-order chi connectivity index (χ0) is 25.6. The fourth-order valence-electron chi connectivity index (χ4n) is 5.22. The minimum Gasteiger partial charge on any atom is -0.496 e. The zero-order valence-corrected chi connectivity index (χ0v) is 21.3. The number of rotatable bonds is 10. The van der Waals surface area contributed by atoms with Gasteiger partial charge in [0.1, 0.15) is 18.1 Å². The molecule has 1 fully saturated rings. The summed E-state index contributed by atoms with van der Waals surface area (Å²) in [6, 6.07) is 18.7.